The summed E-state index contributed by atoms with van der Waals surface area (Å²) in [5.41, 5.74) is 1.28. The highest BCUT2D eigenvalue weighted by Crippen LogP contribution is 2.38. The first-order valence-corrected chi connectivity index (χ1v) is 7.71. The Hall–Kier alpha value is -1.55. The van der Waals surface area contributed by atoms with Crippen molar-refractivity contribution < 1.29 is 14.3 Å². The molecule has 1 aliphatic heterocycles. The Bertz CT molecular complexity index is 511. The zero-order valence-corrected chi connectivity index (χ0v) is 13.4. The van der Waals surface area contributed by atoms with E-state index in [4.69, 9.17) is 9.47 Å². The molecule has 0 fully saturated rings. The van der Waals surface area contributed by atoms with Crippen LogP contribution in [0.2, 0.25) is 0 Å². The number of ether oxygens (including phenoxy) is 2. The van der Waals surface area contributed by atoms with Crippen LogP contribution in [-0.4, -0.2) is 31.3 Å². The number of carbonyl (C=O) groups is 1. The first-order valence-electron chi connectivity index (χ1n) is 7.71. The summed E-state index contributed by atoms with van der Waals surface area (Å²) in [7, 11) is 0. The van der Waals surface area contributed by atoms with Crippen molar-refractivity contribution in [1.29, 1.82) is 0 Å². The number of nitrogens with zero attached hydrogens (tertiary/aromatic N) is 1. The standard InChI is InChI=1S/C17H25NO3/c1-5-13-8-9-15-14(12-13)18(10-7-11-20-6-2)16(19)17(3,4)21-15/h8-9,12H,5-7,10-11H2,1-4H3. The van der Waals surface area contributed by atoms with Gasteiger partial charge in [-0.15, -0.1) is 0 Å². The van der Waals surface area contributed by atoms with Gasteiger partial charge in [0, 0.05) is 19.8 Å². The van der Waals surface area contributed by atoms with Crippen molar-refractivity contribution >= 4 is 11.6 Å². The number of aryl methyl sites for hydroxylation is 1. The summed E-state index contributed by atoms with van der Waals surface area (Å²) in [5.74, 6) is 0.799. The number of anilines is 1. The maximum Gasteiger partial charge on any atom is 0.270 e. The lowest BCUT2D eigenvalue weighted by molar-refractivity contribution is -0.132. The molecule has 0 radical (unpaired) electrons. The van der Waals surface area contributed by atoms with E-state index in [1.54, 1.807) is 0 Å². The number of hydrogen-bond donors (Lipinski definition) is 0. The third kappa shape index (κ3) is 3.38. The van der Waals surface area contributed by atoms with Crippen LogP contribution in [0.1, 0.15) is 39.7 Å². The molecule has 4 nitrogen and oxygen atoms in total. The van der Waals surface area contributed by atoms with E-state index < -0.39 is 5.60 Å². The van der Waals surface area contributed by atoms with E-state index in [0.717, 1.165) is 24.3 Å². The minimum atomic E-state index is -0.813. The zero-order valence-electron chi connectivity index (χ0n) is 13.4. The molecule has 1 amide bonds. The third-order valence-corrected chi connectivity index (χ3v) is 3.72. The van der Waals surface area contributed by atoms with Crippen molar-refractivity contribution in [3.8, 4) is 5.75 Å². The highest BCUT2D eigenvalue weighted by atomic mass is 16.5. The van der Waals surface area contributed by atoms with E-state index in [9.17, 15) is 4.79 Å². The minimum absolute atomic E-state index is 0.0137. The van der Waals surface area contributed by atoms with Gasteiger partial charge >= 0.3 is 0 Å². The van der Waals surface area contributed by atoms with Gasteiger partial charge in [-0.2, -0.15) is 0 Å². The van der Waals surface area contributed by atoms with Crippen LogP contribution in [-0.2, 0) is 16.0 Å². The first-order chi connectivity index (χ1) is 9.99. The molecule has 0 aliphatic carbocycles. The van der Waals surface area contributed by atoms with Crippen molar-refractivity contribution in [2.24, 2.45) is 0 Å². The Morgan fingerprint density at radius 1 is 1.29 bits per heavy atom. The fourth-order valence-electron chi connectivity index (χ4n) is 2.52. The molecule has 0 unspecified atom stereocenters. The second-order valence-corrected chi connectivity index (χ2v) is 5.78. The van der Waals surface area contributed by atoms with Gasteiger partial charge in [0.2, 0.25) is 0 Å². The van der Waals surface area contributed by atoms with E-state index in [1.165, 1.54) is 5.56 Å². The van der Waals surface area contributed by atoms with Crippen molar-refractivity contribution in [2.45, 2.75) is 46.1 Å². The maximum absolute atomic E-state index is 12.6. The molecule has 0 atom stereocenters. The Morgan fingerprint density at radius 3 is 2.71 bits per heavy atom. The summed E-state index contributed by atoms with van der Waals surface area (Å²) in [5, 5.41) is 0. The summed E-state index contributed by atoms with van der Waals surface area (Å²) in [4.78, 5) is 14.5. The van der Waals surface area contributed by atoms with Gasteiger partial charge in [-0.05, 0) is 51.3 Å². The van der Waals surface area contributed by atoms with E-state index in [2.05, 4.69) is 19.1 Å². The molecular formula is C17H25NO3. The summed E-state index contributed by atoms with van der Waals surface area (Å²) in [6.45, 7) is 9.76. The van der Waals surface area contributed by atoms with Gasteiger partial charge < -0.3 is 14.4 Å². The number of hydrogen-bond acceptors (Lipinski definition) is 3. The molecule has 1 aromatic carbocycles. The average molecular weight is 291 g/mol. The van der Waals surface area contributed by atoms with Crippen LogP contribution >= 0.6 is 0 Å². The topological polar surface area (TPSA) is 38.8 Å². The van der Waals surface area contributed by atoms with Crippen LogP contribution in [0.15, 0.2) is 18.2 Å². The van der Waals surface area contributed by atoms with Gasteiger partial charge in [0.1, 0.15) is 5.75 Å². The molecule has 2 rings (SSSR count). The third-order valence-electron chi connectivity index (χ3n) is 3.72. The SMILES string of the molecule is CCOCCCN1C(=O)C(C)(C)Oc2ccc(CC)cc21. The zero-order chi connectivity index (χ0) is 15.5. The first kappa shape index (κ1) is 15.8. The molecule has 0 bridgehead atoms. The van der Waals surface area contributed by atoms with Gasteiger partial charge in [-0.3, -0.25) is 4.79 Å². The summed E-state index contributed by atoms with van der Waals surface area (Å²) < 4.78 is 11.2. The number of rotatable bonds is 6. The molecule has 0 aromatic heterocycles. The summed E-state index contributed by atoms with van der Waals surface area (Å²) in [6, 6.07) is 6.09. The smallest absolute Gasteiger partial charge is 0.270 e. The lowest BCUT2D eigenvalue weighted by Gasteiger charge is -2.39. The second-order valence-electron chi connectivity index (χ2n) is 5.78. The van der Waals surface area contributed by atoms with Crippen LogP contribution in [0.25, 0.3) is 0 Å². The highest BCUT2D eigenvalue weighted by molar-refractivity contribution is 6.02. The molecule has 1 heterocycles. The van der Waals surface area contributed by atoms with E-state index >= 15 is 0 Å². The molecule has 21 heavy (non-hydrogen) atoms. The number of fused-ring (bicyclic) bond motifs is 1. The van der Waals surface area contributed by atoms with Crippen molar-refractivity contribution in [3.63, 3.8) is 0 Å². The lowest BCUT2D eigenvalue weighted by atomic mass is 10.0. The number of carbonyl (C=O) groups excluding carboxylic acids is 1. The van der Waals surface area contributed by atoms with Gasteiger partial charge in [0.15, 0.2) is 5.60 Å². The van der Waals surface area contributed by atoms with Gasteiger partial charge in [0.05, 0.1) is 5.69 Å². The van der Waals surface area contributed by atoms with E-state index in [0.29, 0.717) is 19.8 Å². The fourth-order valence-corrected chi connectivity index (χ4v) is 2.52. The van der Waals surface area contributed by atoms with Gasteiger partial charge in [-0.25, -0.2) is 0 Å². The van der Waals surface area contributed by atoms with Crippen molar-refractivity contribution in [3.05, 3.63) is 23.8 Å². The number of amides is 1. The Morgan fingerprint density at radius 2 is 2.05 bits per heavy atom. The molecule has 0 spiro atoms. The average Bonchev–Trinajstić information content (AvgIpc) is 2.46. The van der Waals surface area contributed by atoms with Crippen LogP contribution in [0.3, 0.4) is 0 Å². The quantitative estimate of drug-likeness (QED) is 0.756. The minimum Gasteiger partial charge on any atom is -0.476 e. The molecule has 0 saturated heterocycles. The van der Waals surface area contributed by atoms with Crippen LogP contribution < -0.4 is 9.64 Å². The summed E-state index contributed by atoms with van der Waals surface area (Å²) in [6.07, 6.45) is 1.77. The van der Waals surface area contributed by atoms with Crippen molar-refractivity contribution in [1.82, 2.24) is 0 Å². The molecular weight excluding hydrogens is 266 g/mol. The van der Waals surface area contributed by atoms with Crippen LogP contribution in [0.4, 0.5) is 5.69 Å². The molecule has 0 saturated carbocycles. The van der Waals surface area contributed by atoms with Gasteiger partial charge in [0.25, 0.3) is 5.91 Å². The van der Waals surface area contributed by atoms with Crippen LogP contribution in [0.5, 0.6) is 5.75 Å². The molecule has 4 heteroatoms. The van der Waals surface area contributed by atoms with E-state index in [-0.39, 0.29) is 5.91 Å². The molecule has 0 N–H and O–H groups in total. The summed E-state index contributed by atoms with van der Waals surface area (Å²) >= 11 is 0. The predicted molar refractivity (Wildman–Crippen MR) is 84.0 cm³/mol. The monoisotopic (exact) mass is 291 g/mol. The molecule has 1 aromatic rings. The molecule has 116 valence electrons. The highest BCUT2D eigenvalue weighted by Gasteiger charge is 2.40. The maximum atomic E-state index is 12.6. The largest absolute Gasteiger partial charge is 0.476 e. The molecule has 1 aliphatic rings. The Balaban J connectivity index is 2.26. The van der Waals surface area contributed by atoms with E-state index in [1.807, 2.05) is 31.7 Å². The second kappa shape index (κ2) is 6.48. The predicted octanol–water partition coefficient (Wildman–Crippen LogP) is 3.18. The normalized spacial score (nSPS) is 16.6. The fraction of sp³-hybridized carbons (Fsp3) is 0.588. The van der Waals surface area contributed by atoms with Crippen molar-refractivity contribution in [2.75, 3.05) is 24.7 Å². The van der Waals surface area contributed by atoms with Gasteiger partial charge in [-0.1, -0.05) is 13.0 Å². The number of benzene rings is 1. The Labute approximate surface area is 127 Å². The lowest BCUT2D eigenvalue weighted by Crippen LogP contribution is -2.52. The van der Waals surface area contributed by atoms with Crippen LogP contribution in [0, 0.1) is 0 Å². The Kier molecular flexibility index (Phi) is 4.88.